The van der Waals surface area contributed by atoms with E-state index in [9.17, 15) is 8.42 Å². The highest BCUT2D eigenvalue weighted by atomic mass is 32.2. The van der Waals surface area contributed by atoms with Crippen LogP contribution in [0.25, 0.3) is 0 Å². The fourth-order valence-corrected chi connectivity index (χ4v) is 5.40. The Morgan fingerprint density at radius 2 is 2.05 bits per heavy atom. The normalized spacial score (nSPS) is 12.6. The summed E-state index contributed by atoms with van der Waals surface area (Å²) in [5, 5.41) is 3.07. The molecule has 1 aromatic heterocycles. The van der Waals surface area contributed by atoms with Gasteiger partial charge in [0, 0.05) is 24.0 Å². The van der Waals surface area contributed by atoms with Gasteiger partial charge < -0.3 is 5.32 Å². The van der Waals surface area contributed by atoms with Crippen molar-refractivity contribution in [1.82, 2.24) is 9.62 Å². The predicted molar refractivity (Wildman–Crippen MR) is 81.1 cm³/mol. The molecular weight excluding hydrogens is 280 g/mol. The molecule has 0 aliphatic rings. The second-order valence-electron chi connectivity index (χ2n) is 4.91. The van der Waals surface area contributed by atoms with Crippen LogP contribution in [-0.4, -0.2) is 32.4 Å². The van der Waals surface area contributed by atoms with Crippen molar-refractivity contribution in [2.24, 2.45) is 0 Å². The molecule has 0 spiro atoms. The van der Waals surface area contributed by atoms with Gasteiger partial charge in [-0.1, -0.05) is 6.92 Å². The quantitative estimate of drug-likeness (QED) is 0.842. The Kier molecular flexibility index (Phi) is 5.98. The van der Waals surface area contributed by atoms with Crippen LogP contribution in [0.3, 0.4) is 0 Å². The summed E-state index contributed by atoms with van der Waals surface area (Å²) in [4.78, 5) is 1.08. The van der Waals surface area contributed by atoms with E-state index in [0.717, 1.165) is 16.9 Å². The molecule has 1 rings (SSSR count). The van der Waals surface area contributed by atoms with Crippen LogP contribution in [0.1, 0.15) is 37.6 Å². The van der Waals surface area contributed by atoms with Gasteiger partial charge in [0.05, 0.1) is 0 Å². The van der Waals surface area contributed by atoms with E-state index < -0.39 is 10.0 Å². The summed E-state index contributed by atoms with van der Waals surface area (Å²) in [6.45, 7) is 9.07. The van der Waals surface area contributed by atoms with Crippen molar-refractivity contribution in [3.8, 4) is 0 Å². The molecule has 0 radical (unpaired) electrons. The number of sulfonamides is 1. The zero-order valence-electron chi connectivity index (χ0n) is 12.4. The zero-order chi connectivity index (χ0) is 14.6. The van der Waals surface area contributed by atoms with Crippen molar-refractivity contribution >= 4 is 21.4 Å². The first-order valence-electron chi connectivity index (χ1n) is 6.60. The second-order valence-corrected chi connectivity index (χ2v) is 8.17. The van der Waals surface area contributed by atoms with Gasteiger partial charge in [-0.2, -0.15) is 4.31 Å². The van der Waals surface area contributed by atoms with Crippen molar-refractivity contribution < 1.29 is 8.42 Å². The average Bonchev–Trinajstić information content (AvgIpc) is 2.68. The molecule has 1 heterocycles. The van der Waals surface area contributed by atoms with Crippen LogP contribution in [0.2, 0.25) is 0 Å². The highest BCUT2D eigenvalue weighted by molar-refractivity contribution is 7.91. The number of nitrogens with one attached hydrogen (secondary N) is 1. The number of rotatable bonds is 7. The third-order valence-electron chi connectivity index (χ3n) is 2.92. The number of aryl methyl sites for hydroxylation is 1. The topological polar surface area (TPSA) is 49.4 Å². The molecule has 0 aliphatic heterocycles. The fraction of sp³-hybridized carbons (Fsp3) is 0.692. The van der Waals surface area contributed by atoms with E-state index in [4.69, 9.17) is 0 Å². The van der Waals surface area contributed by atoms with Gasteiger partial charge in [-0.25, -0.2) is 8.42 Å². The minimum atomic E-state index is -3.36. The van der Waals surface area contributed by atoms with Crippen LogP contribution in [0.15, 0.2) is 10.3 Å². The van der Waals surface area contributed by atoms with Gasteiger partial charge in [0.1, 0.15) is 4.21 Å². The minimum Gasteiger partial charge on any atom is -0.315 e. The minimum absolute atomic E-state index is 0.0138. The first kappa shape index (κ1) is 16.6. The summed E-state index contributed by atoms with van der Waals surface area (Å²) in [6, 6.07) is 1.78. The van der Waals surface area contributed by atoms with Crippen LogP contribution in [0.4, 0.5) is 0 Å². The number of thiophene rings is 1. The summed E-state index contributed by atoms with van der Waals surface area (Å²) in [5.74, 6) is 0. The fourth-order valence-electron chi connectivity index (χ4n) is 1.94. The van der Waals surface area contributed by atoms with Crippen molar-refractivity contribution in [1.29, 1.82) is 0 Å². The number of nitrogens with zero attached hydrogens (tertiary/aromatic N) is 1. The Labute approximate surface area is 120 Å². The monoisotopic (exact) mass is 304 g/mol. The molecule has 0 aliphatic carbocycles. The van der Waals surface area contributed by atoms with Gasteiger partial charge >= 0.3 is 0 Å². The molecule has 4 nitrogen and oxygen atoms in total. The molecule has 0 saturated carbocycles. The largest absolute Gasteiger partial charge is 0.315 e. The smallest absolute Gasteiger partial charge is 0.252 e. The van der Waals surface area contributed by atoms with Crippen molar-refractivity contribution in [2.75, 3.05) is 13.6 Å². The van der Waals surface area contributed by atoms with E-state index in [1.54, 1.807) is 10.4 Å². The molecule has 0 saturated heterocycles. The third kappa shape index (κ3) is 3.78. The highest BCUT2D eigenvalue weighted by Crippen LogP contribution is 2.29. The lowest BCUT2D eigenvalue weighted by Crippen LogP contribution is -2.37. The van der Waals surface area contributed by atoms with E-state index in [1.807, 2.05) is 34.7 Å². The highest BCUT2D eigenvalue weighted by Gasteiger charge is 2.28. The van der Waals surface area contributed by atoms with E-state index >= 15 is 0 Å². The summed E-state index contributed by atoms with van der Waals surface area (Å²) in [6.07, 6.45) is 0.825. The van der Waals surface area contributed by atoms with Gasteiger partial charge in [-0.05, 0) is 45.9 Å². The molecule has 0 aromatic carbocycles. The molecular formula is C13H24N2O2S2. The summed E-state index contributed by atoms with van der Waals surface area (Å²) < 4.78 is 27.3. The molecule has 19 heavy (non-hydrogen) atoms. The summed E-state index contributed by atoms with van der Waals surface area (Å²) in [5.41, 5.74) is 1.04. The lowest BCUT2D eigenvalue weighted by molar-refractivity contribution is 0.355. The lowest BCUT2D eigenvalue weighted by atomic mass is 10.3. The Hall–Kier alpha value is -0.430. The molecule has 0 fully saturated rings. The Morgan fingerprint density at radius 1 is 1.42 bits per heavy atom. The van der Waals surface area contributed by atoms with Crippen LogP contribution in [-0.2, 0) is 16.6 Å². The van der Waals surface area contributed by atoms with Crippen molar-refractivity contribution in [3.05, 3.63) is 16.5 Å². The van der Waals surface area contributed by atoms with Crippen LogP contribution < -0.4 is 5.32 Å². The van der Waals surface area contributed by atoms with Crippen molar-refractivity contribution in [2.45, 2.75) is 50.9 Å². The van der Waals surface area contributed by atoms with E-state index in [2.05, 4.69) is 5.32 Å². The molecule has 1 aromatic rings. The molecule has 0 bridgehead atoms. The Balaban J connectivity index is 3.14. The molecule has 0 atom stereocenters. The predicted octanol–water partition coefficient (Wildman–Crippen LogP) is 2.59. The molecule has 6 heteroatoms. The average molecular weight is 304 g/mol. The molecule has 0 unspecified atom stereocenters. The van der Waals surface area contributed by atoms with Gasteiger partial charge in [-0.3, -0.25) is 0 Å². The van der Waals surface area contributed by atoms with Crippen molar-refractivity contribution in [3.63, 3.8) is 0 Å². The second kappa shape index (κ2) is 6.83. The maximum absolute atomic E-state index is 12.6. The van der Waals surface area contributed by atoms with Crippen LogP contribution >= 0.6 is 11.3 Å². The van der Waals surface area contributed by atoms with Gasteiger partial charge in [0.2, 0.25) is 0 Å². The van der Waals surface area contributed by atoms with E-state index in [1.165, 1.54) is 11.3 Å². The number of hydrogen-bond donors (Lipinski definition) is 1. The molecule has 0 amide bonds. The van der Waals surface area contributed by atoms with Crippen LogP contribution in [0.5, 0.6) is 0 Å². The maximum Gasteiger partial charge on any atom is 0.252 e. The summed E-state index contributed by atoms with van der Waals surface area (Å²) >= 11 is 1.37. The first-order valence-corrected chi connectivity index (χ1v) is 8.86. The lowest BCUT2D eigenvalue weighted by Gasteiger charge is -2.24. The molecule has 110 valence electrons. The Bertz CT molecular complexity index is 507. The van der Waals surface area contributed by atoms with Gasteiger partial charge in [0.15, 0.2) is 0 Å². The maximum atomic E-state index is 12.6. The summed E-state index contributed by atoms with van der Waals surface area (Å²) in [7, 11) is -1.49. The number of hydrogen-bond acceptors (Lipinski definition) is 4. The first-order chi connectivity index (χ1) is 8.84. The molecule has 1 N–H and O–H groups in total. The SMILES string of the molecule is CCCN(C(C)C)S(=O)(=O)c1cc(C)c(CNC)s1. The van der Waals surface area contributed by atoms with E-state index in [-0.39, 0.29) is 6.04 Å². The Morgan fingerprint density at radius 3 is 2.53 bits per heavy atom. The van der Waals surface area contributed by atoms with Gasteiger partial charge in [0.25, 0.3) is 10.0 Å². The third-order valence-corrected chi connectivity index (χ3v) is 6.68. The van der Waals surface area contributed by atoms with Gasteiger partial charge in [-0.15, -0.1) is 11.3 Å². The van der Waals surface area contributed by atoms with Crippen LogP contribution in [0, 0.1) is 6.92 Å². The standard InChI is InChI=1S/C13H24N2O2S2/c1-6-7-15(10(2)3)19(16,17)13-8-11(4)12(18-13)9-14-5/h8,10,14H,6-7,9H2,1-5H3. The zero-order valence-corrected chi connectivity index (χ0v) is 14.0. The van der Waals surface area contributed by atoms with E-state index in [0.29, 0.717) is 17.3 Å².